The van der Waals surface area contributed by atoms with Crippen LogP contribution in [0.3, 0.4) is 0 Å². The molecule has 0 aliphatic carbocycles. The van der Waals surface area contributed by atoms with Gasteiger partial charge in [-0.25, -0.2) is 0 Å². The number of aliphatic carboxylic acids is 1. The van der Waals surface area contributed by atoms with Crippen LogP contribution in [0.2, 0.25) is 0 Å². The van der Waals surface area contributed by atoms with E-state index >= 15 is 0 Å². The molecule has 1 amide bonds. The number of fused-ring (bicyclic) bond motifs is 2. The van der Waals surface area contributed by atoms with Gasteiger partial charge in [0, 0.05) is 0 Å². The summed E-state index contributed by atoms with van der Waals surface area (Å²) >= 11 is 0. The lowest BCUT2D eigenvalue weighted by atomic mass is 9.82. The van der Waals surface area contributed by atoms with Crippen molar-refractivity contribution in [1.82, 2.24) is 5.32 Å². The summed E-state index contributed by atoms with van der Waals surface area (Å²) in [6.45, 7) is 8.37. The zero-order valence-electron chi connectivity index (χ0n) is 15.0. The highest BCUT2D eigenvalue weighted by Gasteiger charge is 2.53. The van der Waals surface area contributed by atoms with E-state index in [1.807, 2.05) is 19.1 Å². The monoisotopic (exact) mass is 343 g/mol. The minimum absolute atomic E-state index is 0.0759. The number of carbonyl (C=O) groups excluding carboxylic acids is 1. The van der Waals surface area contributed by atoms with Crippen molar-refractivity contribution in [3.8, 4) is 0 Å². The van der Waals surface area contributed by atoms with Crippen molar-refractivity contribution in [2.75, 3.05) is 0 Å². The van der Waals surface area contributed by atoms with Crippen LogP contribution < -0.4 is 5.32 Å². The molecular formula is C20H25NO4. The molecule has 5 unspecified atom stereocenters. The Kier molecular flexibility index (Phi) is 4.45. The summed E-state index contributed by atoms with van der Waals surface area (Å²) in [6.07, 6.45) is 2.58. The lowest BCUT2D eigenvalue weighted by Crippen LogP contribution is -2.43. The van der Waals surface area contributed by atoms with Crippen LogP contribution in [0, 0.1) is 11.8 Å². The Labute approximate surface area is 148 Å². The summed E-state index contributed by atoms with van der Waals surface area (Å²) in [7, 11) is 0. The van der Waals surface area contributed by atoms with Gasteiger partial charge in [0.15, 0.2) is 0 Å². The van der Waals surface area contributed by atoms with Gasteiger partial charge < -0.3 is 15.2 Å². The molecule has 2 bridgehead atoms. The van der Waals surface area contributed by atoms with E-state index in [9.17, 15) is 14.7 Å². The van der Waals surface area contributed by atoms with Gasteiger partial charge in [-0.1, -0.05) is 57.2 Å². The van der Waals surface area contributed by atoms with Gasteiger partial charge in [0.05, 0.1) is 24.2 Å². The van der Waals surface area contributed by atoms with E-state index < -0.39 is 30.0 Å². The lowest BCUT2D eigenvalue weighted by Gasteiger charge is -2.24. The number of carboxylic acid groups (broad SMARTS) is 1. The predicted octanol–water partition coefficient (Wildman–Crippen LogP) is 2.82. The van der Waals surface area contributed by atoms with E-state index in [0.717, 1.165) is 5.56 Å². The smallest absolute Gasteiger partial charge is 0.310 e. The first-order valence-corrected chi connectivity index (χ1v) is 8.66. The van der Waals surface area contributed by atoms with Crippen LogP contribution in [0.5, 0.6) is 0 Å². The Bertz CT molecular complexity index is 701. The van der Waals surface area contributed by atoms with Crippen molar-refractivity contribution in [3.05, 3.63) is 47.5 Å². The van der Waals surface area contributed by atoms with Crippen molar-refractivity contribution in [2.45, 2.75) is 51.4 Å². The zero-order valence-corrected chi connectivity index (χ0v) is 15.0. The second-order valence-corrected chi connectivity index (χ2v) is 7.94. The molecule has 0 radical (unpaired) electrons. The first kappa shape index (κ1) is 17.7. The van der Waals surface area contributed by atoms with Crippen molar-refractivity contribution >= 4 is 11.9 Å². The third-order valence-electron chi connectivity index (χ3n) is 5.12. The van der Waals surface area contributed by atoms with Crippen LogP contribution in [0.4, 0.5) is 0 Å². The van der Waals surface area contributed by atoms with Gasteiger partial charge in [-0.2, -0.15) is 0 Å². The number of carbonyl (C=O) groups is 2. The summed E-state index contributed by atoms with van der Waals surface area (Å²) in [6, 6.07) is 7.97. The third kappa shape index (κ3) is 3.33. The molecule has 25 heavy (non-hydrogen) atoms. The Hall–Kier alpha value is -2.14. The van der Waals surface area contributed by atoms with Crippen LogP contribution in [-0.2, 0) is 19.7 Å². The number of benzene rings is 1. The fourth-order valence-electron chi connectivity index (χ4n) is 3.58. The number of amides is 1. The van der Waals surface area contributed by atoms with E-state index in [1.165, 1.54) is 5.56 Å². The normalized spacial score (nSPS) is 28.8. The van der Waals surface area contributed by atoms with Crippen LogP contribution in [0.25, 0.3) is 0 Å². The Balaban J connectivity index is 1.70. The van der Waals surface area contributed by atoms with Crippen LogP contribution in [-0.4, -0.2) is 29.2 Å². The maximum atomic E-state index is 12.7. The number of hydrogen-bond acceptors (Lipinski definition) is 3. The van der Waals surface area contributed by atoms with E-state index in [4.69, 9.17) is 4.74 Å². The average Bonchev–Trinajstić information content (AvgIpc) is 3.14. The quantitative estimate of drug-likeness (QED) is 0.824. The van der Waals surface area contributed by atoms with Crippen molar-refractivity contribution < 1.29 is 19.4 Å². The number of hydrogen-bond donors (Lipinski definition) is 2. The molecule has 0 aromatic heterocycles. The molecule has 2 heterocycles. The SMILES string of the molecule is CC(NC(=O)C1C2C=CC(O2)C1C(=O)O)c1ccc(C(C)(C)C)cc1. The highest BCUT2D eigenvalue weighted by molar-refractivity contribution is 5.87. The zero-order chi connectivity index (χ0) is 18.4. The molecule has 2 aliphatic heterocycles. The molecule has 0 saturated carbocycles. The van der Waals surface area contributed by atoms with Crippen LogP contribution >= 0.6 is 0 Å². The van der Waals surface area contributed by atoms with Gasteiger partial charge in [0.2, 0.25) is 5.91 Å². The highest BCUT2D eigenvalue weighted by atomic mass is 16.5. The molecule has 5 atom stereocenters. The molecule has 3 rings (SSSR count). The number of carboxylic acids is 1. The second kappa shape index (κ2) is 6.30. The van der Waals surface area contributed by atoms with E-state index in [-0.39, 0.29) is 17.4 Å². The van der Waals surface area contributed by atoms with Crippen molar-refractivity contribution in [1.29, 1.82) is 0 Å². The highest BCUT2D eigenvalue weighted by Crippen LogP contribution is 2.39. The van der Waals surface area contributed by atoms with E-state index in [2.05, 4.69) is 38.2 Å². The minimum atomic E-state index is -0.987. The fraction of sp³-hybridized carbons (Fsp3) is 0.500. The number of rotatable bonds is 4. The second-order valence-electron chi connectivity index (χ2n) is 7.94. The summed E-state index contributed by atoms with van der Waals surface area (Å²) in [5.41, 5.74) is 2.30. The first-order valence-electron chi connectivity index (χ1n) is 8.66. The van der Waals surface area contributed by atoms with Gasteiger partial charge in [-0.3, -0.25) is 9.59 Å². The Morgan fingerprint density at radius 1 is 1.08 bits per heavy atom. The topological polar surface area (TPSA) is 75.6 Å². The van der Waals surface area contributed by atoms with Crippen molar-refractivity contribution in [2.24, 2.45) is 11.8 Å². The summed E-state index contributed by atoms with van der Waals surface area (Å²) < 4.78 is 5.57. The largest absolute Gasteiger partial charge is 0.481 e. The first-order chi connectivity index (χ1) is 11.7. The standard InChI is InChI=1S/C20H25NO4/c1-11(12-5-7-13(8-6-12)20(2,3)4)21-18(22)16-14-9-10-15(25-14)17(16)19(23)24/h5-11,14-17H,1-4H3,(H,21,22)(H,23,24). The van der Waals surface area contributed by atoms with Crippen molar-refractivity contribution in [3.63, 3.8) is 0 Å². The molecule has 2 aliphatic rings. The van der Waals surface area contributed by atoms with Gasteiger partial charge in [-0.05, 0) is 23.5 Å². The predicted molar refractivity (Wildman–Crippen MR) is 94.1 cm³/mol. The van der Waals surface area contributed by atoms with Gasteiger partial charge in [0.25, 0.3) is 0 Å². The molecule has 5 nitrogen and oxygen atoms in total. The molecule has 1 saturated heterocycles. The Morgan fingerprint density at radius 3 is 2.16 bits per heavy atom. The summed E-state index contributed by atoms with van der Waals surface area (Å²) in [5.74, 6) is -2.75. The van der Waals surface area contributed by atoms with E-state index in [0.29, 0.717) is 0 Å². The minimum Gasteiger partial charge on any atom is -0.481 e. The number of nitrogens with one attached hydrogen (secondary N) is 1. The van der Waals surface area contributed by atoms with Crippen LogP contribution in [0.15, 0.2) is 36.4 Å². The Morgan fingerprint density at radius 2 is 1.64 bits per heavy atom. The average molecular weight is 343 g/mol. The molecule has 5 heteroatoms. The third-order valence-corrected chi connectivity index (χ3v) is 5.12. The maximum absolute atomic E-state index is 12.7. The molecule has 1 aromatic rings. The van der Waals surface area contributed by atoms with E-state index in [1.54, 1.807) is 12.2 Å². The van der Waals surface area contributed by atoms with Gasteiger partial charge in [-0.15, -0.1) is 0 Å². The number of ether oxygens (including phenoxy) is 1. The molecule has 134 valence electrons. The maximum Gasteiger partial charge on any atom is 0.310 e. The van der Waals surface area contributed by atoms with Crippen LogP contribution in [0.1, 0.15) is 44.9 Å². The fourth-order valence-corrected chi connectivity index (χ4v) is 3.58. The molecule has 1 aromatic carbocycles. The summed E-state index contributed by atoms with van der Waals surface area (Å²) in [4.78, 5) is 24.2. The molecular weight excluding hydrogens is 318 g/mol. The molecule has 2 N–H and O–H groups in total. The molecule has 0 spiro atoms. The lowest BCUT2D eigenvalue weighted by molar-refractivity contribution is -0.146. The molecule has 1 fully saturated rings. The van der Waals surface area contributed by atoms with Gasteiger partial charge in [0.1, 0.15) is 5.92 Å². The summed E-state index contributed by atoms with van der Waals surface area (Å²) in [5, 5.41) is 12.4. The van der Waals surface area contributed by atoms with Gasteiger partial charge >= 0.3 is 5.97 Å².